The van der Waals surface area contributed by atoms with E-state index in [9.17, 15) is 9.18 Å². The van der Waals surface area contributed by atoms with Crippen molar-refractivity contribution in [2.75, 3.05) is 6.54 Å². The Labute approximate surface area is 120 Å². The van der Waals surface area contributed by atoms with Crippen LogP contribution in [0, 0.1) is 5.82 Å². The number of nitrogens with one attached hydrogen (secondary N) is 1. The van der Waals surface area contributed by atoms with Crippen molar-refractivity contribution in [3.05, 3.63) is 41.2 Å². The van der Waals surface area contributed by atoms with Crippen molar-refractivity contribution < 1.29 is 14.3 Å². The topological polar surface area (TPSA) is 62.2 Å². The number of hydrogen-bond acceptors (Lipinski definition) is 4. The van der Waals surface area contributed by atoms with Crippen LogP contribution in [0.15, 0.2) is 29.6 Å². The number of nitrogens with zero attached hydrogens (tertiary/aromatic N) is 1. The number of rotatable bonds is 7. The molecule has 2 rings (SSSR count). The molecule has 2 aromatic rings. The fourth-order valence-corrected chi connectivity index (χ4v) is 2.52. The molecule has 0 atom stereocenters. The molecule has 0 bridgehead atoms. The fourth-order valence-electron chi connectivity index (χ4n) is 1.69. The lowest BCUT2D eigenvalue weighted by molar-refractivity contribution is -0.137. The first-order valence-electron chi connectivity index (χ1n) is 6.28. The maximum absolute atomic E-state index is 12.8. The number of benzene rings is 1. The molecule has 0 saturated carbocycles. The number of thiazole rings is 1. The van der Waals surface area contributed by atoms with Gasteiger partial charge in [-0.15, -0.1) is 11.3 Å². The van der Waals surface area contributed by atoms with Crippen LogP contribution in [0.5, 0.6) is 0 Å². The maximum Gasteiger partial charge on any atom is 0.303 e. The largest absolute Gasteiger partial charge is 0.481 e. The number of hydrogen-bond donors (Lipinski definition) is 2. The molecular weight excluding hydrogens is 279 g/mol. The van der Waals surface area contributed by atoms with Gasteiger partial charge in [0.2, 0.25) is 0 Å². The van der Waals surface area contributed by atoms with E-state index in [2.05, 4.69) is 10.3 Å². The van der Waals surface area contributed by atoms with Crippen LogP contribution < -0.4 is 5.32 Å². The number of carbonyl (C=O) groups is 1. The normalized spacial score (nSPS) is 10.7. The van der Waals surface area contributed by atoms with Gasteiger partial charge in [-0.05, 0) is 37.2 Å². The van der Waals surface area contributed by atoms with Crippen molar-refractivity contribution in [3.63, 3.8) is 0 Å². The minimum absolute atomic E-state index is 0.172. The van der Waals surface area contributed by atoms with Crippen molar-refractivity contribution in [1.29, 1.82) is 0 Å². The summed E-state index contributed by atoms with van der Waals surface area (Å²) in [4.78, 5) is 14.8. The van der Waals surface area contributed by atoms with Crippen LogP contribution in [-0.4, -0.2) is 22.6 Å². The maximum atomic E-state index is 12.8. The molecule has 0 spiro atoms. The van der Waals surface area contributed by atoms with Crippen LogP contribution in [-0.2, 0) is 11.3 Å². The Balaban J connectivity index is 1.83. The molecule has 0 aliphatic carbocycles. The van der Waals surface area contributed by atoms with Gasteiger partial charge in [0.25, 0.3) is 0 Å². The molecule has 1 aromatic carbocycles. The minimum atomic E-state index is -0.779. The summed E-state index contributed by atoms with van der Waals surface area (Å²) in [7, 11) is 0. The molecule has 4 nitrogen and oxygen atoms in total. The Hall–Kier alpha value is -1.79. The molecule has 2 N–H and O–H groups in total. The third-order valence-corrected chi connectivity index (χ3v) is 3.63. The van der Waals surface area contributed by atoms with Crippen LogP contribution in [0.4, 0.5) is 4.39 Å². The van der Waals surface area contributed by atoms with E-state index in [1.54, 1.807) is 12.1 Å². The Kier molecular flexibility index (Phi) is 5.20. The monoisotopic (exact) mass is 294 g/mol. The second kappa shape index (κ2) is 7.12. The third kappa shape index (κ3) is 4.40. The Morgan fingerprint density at radius 3 is 2.80 bits per heavy atom. The Morgan fingerprint density at radius 1 is 1.35 bits per heavy atom. The number of aliphatic carboxylic acids is 1. The van der Waals surface area contributed by atoms with Gasteiger partial charge in [0.15, 0.2) is 0 Å². The number of carboxylic acids is 1. The van der Waals surface area contributed by atoms with Crippen molar-refractivity contribution in [3.8, 4) is 10.6 Å². The highest BCUT2D eigenvalue weighted by atomic mass is 32.1. The summed E-state index contributed by atoms with van der Waals surface area (Å²) in [5.74, 6) is -1.04. The van der Waals surface area contributed by atoms with E-state index in [0.717, 1.165) is 16.3 Å². The summed E-state index contributed by atoms with van der Waals surface area (Å²) in [5, 5.41) is 14.5. The van der Waals surface area contributed by atoms with E-state index in [1.807, 2.05) is 5.38 Å². The van der Waals surface area contributed by atoms with Gasteiger partial charge in [-0.2, -0.15) is 0 Å². The summed E-state index contributed by atoms with van der Waals surface area (Å²) < 4.78 is 12.8. The van der Waals surface area contributed by atoms with Crippen molar-refractivity contribution in [2.45, 2.75) is 19.4 Å². The molecule has 1 heterocycles. The molecule has 0 saturated heterocycles. The lowest BCUT2D eigenvalue weighted by Gasteiger charge is -2.00. The van der Waals surface area contributed by atoms with E-state index < -0.39 is 5.97 Å². The highest BCUT2D eigenvalue weighted by molar-refractivity contribution is 7.13. The number of aromatic nitrogens is 1. The third-order valence-electron chi connectivity index (χ3n) is 2.69. The zero-order valence-corrected chi connectivity index (χ0v) is 11.6. The summed E-state index contributed by atoms with van der Waals surface area (Å²) in [5.41, 5.74) is 1.80. The molecule has 6 heteroatoms. The van der Waals surface area contributed by atoms with Crippen LogP contribution in [0.1, 0.15) is 18.5 Å². The highest BCUT2D eigenvalue weighted by Gasteiger charge is 2.05. The summed E-state index contributed by atoms with van der Waals surface area (Å²) in [6.45, 7) is 1.26. The summed E-state index contributed by atoms with van der Waals surface area (Å²) in [6, 6.07) is 6.25. The number of halogens is 1. The van der Waals surface area contributed by atoms with E-state index in [4.69, 9.17) is 5.11 Å². The lowest BCUT2D eigenvalue weighted by atomic mass is 10.2. The van der Waals surface area contributed by atoms with E-state index in [-0.39, 0.29) is 12.2 Å². The van der Waals surface area contributed by atoms with E-state index >= 15 is 0 Å². The van der Waals surface area contributed by atoms with Gasteiger partial charge in [0.05, 0.1) is 5.69 Å². The molecular formula is C14H15FN2O2S. The first-order valence-corrected chi connectivity index (χ1v) is 7.16. The first-order chi connectivity index (χ1) is 9.65. The number of carboxylic acid groups (broad SMARTS) is 1. The molecule has 0 radical (unpaired) electrons. The van der Waals surface area contributed by atoms with Gasteiger partial charge < -0.3 is 10.4 Å². The van der Waals surface area contributed by atoms with E-state index in [0.29, 0.717) is 19.5 Å². The second-order valence-corrected chi connectivity index (χ2v) is 5.18. The smallest absolute Gasteiger partial charge is 0.303 e. The van der Waals surface area contributed by atoms with Gasteiger partial charge in [-0.3, -0.25) is 4.79 Å². The van der Waals surface area contributed by atoms with Gasteiger partial charge in [-0.25, -0.2) is 9.37 Å². The predicted molar refractivity (Wildman–Crippen MR) is 76.1 cm³/mol. The first kappa shape index (κ1) is 14.6. The molecule has 20 heavy (non-hydrogen) atoms. The summed E-state index contributed by atoms with van der Waals surface area (Å²) >= 11 is 1.51. The molecule has 0 aliphatic heterocycles. The van der Waals surface area contributed by atoms with Crippen molar-refractivity contribution in [1.82, 2.24) is 10.3 Å². The quantitative estimate of drug-likeness (QED) is 0.771. The van der Waals surface area contributed by atoms with Gasteiger partial charge in [-0.1, -0.05) is 0 Å². The minimum Gasteiger partial charge on any atom is -0.481 e. The Bertz CT molecular complexity index is 569. The summed E-state index contributed by atoms with van der Waals surface area (Å²) in [6.07, 6.45) is 0.773. The Morgan fingerprint density at radius 2 is 2.10 bits per heavy atom. The fraction of sp³-hybridized carbons (Fsp3) is 0.286. The molecule has 0 amide bonds. The zero-order chi connectivity index (χ0) is 14.4. The van der Waals surface area contributed by atoms with Crippen molar-refractivity contribution >= 4 is 17.3 Å². The molecule has 0 unspecified atom stereocenters. The predicted octanol–water partition coefficient (Wildman–Crippen LogP) is 2.90. The molecule has 0 aliphatic rings. The SMILES string of the molecule is O=C(O)CCCNCc1csc(-c2ccc(F)cc2)n1. The standard InChI is InChI=1S/C14H15FN2O2S/c15-11-5-3-10(4-6-11)14-17-12(9-20-14)8-16-7-1-2-13(18)19/h3-6,9,16H,1-2,7-8H2,(H,18,19). The lowest BCUT2D eigenvalue weighted by Crippen LogP contribution is -2.15. The van der Waals surface area contributed by atoms with Crippen LogP contribution in [0.25, 0.3) is 10.6 Å². The van der Waals surface area contributed by atoms with Gasteiger partial charge in [0.1, 0.15) is 10.8 Å². The average Bonchev–Trinajstić information content (AvgIpc) is 2.87. The van der Waals surface area contributed by atoms with Crippen molar-refractivity contribution in [2.24, 2.45) is 0 Å². The van der Waals surface area contributed by atoms with Gasteiger partial charge in [0, 0.05) is 23.9 Å². The van der Waals surface area contributed by atoms with Crippen LogP contribution >= 0.6 is 11.3 Å². The van der Waals surface area contributed by atoms with Crippen LogP contribution in [0.2, 0.25) is 0 Å². The van der Waals surface area contributed by atoms with E-state index in [1.165, 1.54) is 23.5 Å². The second-order valence-electron chi connectivity index (χ2n) is 4.32. The van der Waals surface area contributed by atoms with Crippen LogP contribution in [0.3, 0.4) is 0 Å². The highest BCUT2D eigenvalue weighted by Crippen LogP contribution is 2.23. The average molecular weight is 294 g/mol. The zero-order valence-electron chi connectivity index (χ0n) is 10.8. The molecule has 106 valence electrons. The molecule has 1 aromatic heterocycles. The van der Waals surface area contributed by atoms with Gasteiger partial charge >= 0.3 is 5.97 Å². The molecule has 0 fully saturated rings.